The number of nitrogen functional groups attached to an aromatic ring is 1. The molecule has 5 heteroatoms. The number of methoxy groups -OCH3 is 2. The monoisotopic (exact) mass is 312 g/mol. The van der Waals surface area contributed by atoms with E-state index in [1.54, 1.807) is 26.5 Å². The number of aromatic nitrogens is 1. The molecule has 0 saturated heterocycles. The fraction of sp³-hybridized carbons (Fsp3) is 0.308. The fourth-order valence-corrected chi connectivity index (χ4v) is 1.83. The molecule has 0 atom stereocenters. The molecule has 0 saturated carbocycles. The maximum atomic E-state index is 5.95. The summed E-state index contributed by atoms with van der Waals surface area (Å²) in [5.41, 5.74) is 7.37. The van der Waals surface area contributed by atoms with Crippen LogP contribution in [0, 0.1) is 0 Å². The number of pyridine rings is 1. The van der Waals surface area contributed by atoms with Crippen LogP contribution >= 0.6 is 15.9 Å². The Morgan fingerprint density at radius 1 is 1.11 bits per heavy atom. The number of anilines is 1. The predicted octanol–water partition coefficient (Wildman–Crippen LogP) is 3.62. The average Bonchev–Trinajstić information content (AvgIpc) is 2.44. The molecule has 0 unspecified atom stereocenters. The van der Waals surface area contributed by atoms with Gasteiger partial charge in [0.2, 0.25) is 0 Å². The van der Waals surface area contributed by atoms with Crippen molar-refractivity contribution in [2.45, 2.75) is 13.8 Å². The summed E-state index contributed by atoms with van der Waals surface area (Å²) >= 11 is 3.34. The first kappa shape index (κ1) is 14.6. The van der Waals surface area contributed by atoms with E-state index in [0.29, 0.717) is 17.2 Å². The van der Waals surface area contributed by atoms with E-state index in [-0.39, 0.29) is 0 Å². The first-order valence-corrected chi connectivity index (χ1v) is 6.42. The van der Waals surface area contributed by atoms with E-state index in [1.165, 1.54) is 0 Å². The number of halogens is 1. The lowest BCUT2D eigenvalue weighted by molar-refractivity contribution is 0.356. The summed E-state index contributed by atoms with van der Waals surface area (Å²) < 4.78 is 11.2. The molecule has 2 rings (SSSR count). The highest BCUT2D eigenvalue weighted by atomic mass is 79.9. The zero-order valence-corrected chi connectivity index (χ0v) is 12.5. The van der Waals surface area contributed by atoms with Crippen molar-refractivity contribution in [3.8, 4) is 11.5 Å². The molecule has 0 radical (unpaired) electrons. The number of nitrogens with zero attached hydrogens (tertiary/aromatic N) is 1. The maximum Gasteiger partial charge on any atom is 0.162 e. The number of fused-ring (bicyclic) bond motifs is 1. The molecule has 2 aromatic rings. The van der Waals surface area contributed by atoms with E-state index in [2.05, 4.69) is 20.9 Å². The minimum Gasteiger partial charge on any atom is -0.493 e. The average molecular weight is 313 g/mol. The van der Waals surface area contributed by atoms with E-state index in [1.807, 2.05) is 19.9 Å². The topological polar surface area (TPSA) is 57.4 Å². The number of ether oxygens (including phenoxy) is 2. The van der Waals surface area contributed by atoms with Gasteiger partial charge in [-0.1, -0.05) is 13.8 Å². The van der Waals surface area contributed by atoms with Crippen LogP contribution < -0.4 is 15.2 Å². The van der Waals surface area contributed by atoms with Crippen molar-refractivity contribution in [2.24, 2.45) is 0 Å². The second-order valence-electron chi connectivity index (χ2n) is 3.24. The number of hydrogen-bond acceptors (Lipinski definition) is 4. The van der Waals surface area contributed by atoms with E-state index in [0.717, 1.165) is 15.4 Å². The van der Waals surface area contributed by atoms with Gasteiger partial charge in [0.25, 0.3) is 0 Å². The third kappa shape index (κ3) is 2.67. The summed E-state index contributed by atoms with van der Waals surface area (Å²) in [6, 6.07) is 3.62. The van der Waals surface area contributed by atoms with Gasteiger partial charge in [0, 0.05) is 17.6 Å². The van der Waals surface area contributed by atoms with Crippen LogP contribution in [-0.4, -0.2) is 19.2 Å². The van der Waals surface area contributed by atoms with Crippen LogP contribution in [0.1, 0.15) is 13.8 Å². The molecular weight excluding hydrogens is 296 g/mol. The second-order valence-corrected chi connectivity index (χ2v) is 4.10. The molecule has 0 aliphatic carbocycles. The van der Waals surface area contributed by atoms with E-state index in [9.17, 15) is 0 Å². The van der Waals surface area contributed by atoms with Crippen molar-refractivity contribution in [2.75, 3.05) is 20.0 Å². The Bertz CT molecular complexity index is 544. The highest BCUT2D eigenvalue weighted by Crippen LogP contribution is 2.35. The Morgan fingerprint density at radius 2 is 1.67 bits per heavy atom. The smallest absolute Gasteiger partial charge is 0.162 e. The fourth-order valence-electron chi connectivity index (χ4n) is 1.52. The summed E-state index contributed by atoms with van der Waals surface area (Å²) in [6.07, 6.45) is 1.67. The summed E-state index contributed by atoms with van der Waals surface area (Å²) in [6.45, 7) is 4.00. The van der Waals surface area contributed by atoms with Crippen LogP contribution in [0.15, 0.2) is 22.8 Å². The van der Waals surface area contributed by atoms with Crippen molar-refractivity contribution in [1.82, 2.24) is 4.98 Å². The van der Waals surface area contributed by atoms with Gasteiger partial charge in [-0.25, -0.2) is 0 Å². The van der Waals surface area contributed by atoms with Gasteiger partial charge in [0.1, 0.15) is 0 Å². The largest absolute Gasteiger partial charge is 0.493 e. The molecule has 1 aromatic carbocycles. The molecule has 18 heavy (non-hydrogen) atoms. The molecule has 4 nitrogen and oxygen atoms in total. The van der Waals surface area contributed by atoms with Gasteiger partial charge < -0.3 is 15.2 Å². The first-order valence-electron chi connectivity index (χ1n) is 5.63. The highest BCUT2D eigenvalue weighted by molar-refractivity contribution is 9.10. The summed E-state index contributed by atoms with van der Waals surface area (Å²) in [7, 11) is 3.18. The van der Waals surface area contributed by atoms with Crippen LogP contribution in [0.3, 0.4) is 0 Å². The highest BCUT2D eigenvalue weighted by Gasteiger charge is 2.10. The van der Waals surface area contributed by atoms with E-state index in [4.69, 9.17) is 15.2 Å². The Labute approximate surface area is 115 Å². The normalized spacial score (nSPS) is 9.61. The number of hydrogen-bond donors (Lipinski definition) is 1. The van der Waals surface area contributed by atoms with Gasteiger partial charge in [0.05, 0.1) is 29.9 Å². The van der Waals surface area contributed by atoms with E-state index >= 15 is 0 Å². The van der Waals surface area contributed by atoms with Crippen molar-refractivity contribution >= 4 is 32.5 Å². The van der Waals surface area contributed by atoms with Crippen molar-refractivity contribution < 1.29 is 9.47 Å². The Hall–Kier alpha value is -1.49. The molecule has 0 spiro atoms. The molecule has 2 N–H and O–H groups in total. The molecule has 98 valence electrons. The lowest BCUT2D eigenvalue weighted by Gasteiger charge is -2.10. The zero-order valence-electron chi connectivity index (χ0n) is 11.0. The minimum atomic E-state index is 0.640. The summed E-state index contributed by atoms with van der Waals surface area (Å²) in [5, 5.41) is 0.840. The molecule has 0 bridgehead atoms. The van der Waals surface area contributed by atoms with Gasteiger partial charge >= 0.3 is 0 Å². The van der Waals surface area contributed by atoms with Crippen molar-refractivity contribution in [3.63, 3.8) is 0 Å². The minimum absolute atomic E-state index is 0.640. The number of benzene rings is 1. The van der Waals surface area contributed by atoms with Crippen LogP contribution in [0.25, 0.3) is 10.9 Å². The first-order chi connectivity index (χ1) is 8.67. The third-order valence-corrected chi connectivity index (χ3v) is 3.00. The Balaban J connectivity index is 0.000000771. The SMILES string of the molecule is CC.COc1cc2ncc(Br)c(N)c2cc1OC. The molecule has 0 aliphatic heterocycles. The summed E-state index contributed by atoms with van der Waals surface area (Å²) in [5.74, 6) is 1.28. The van der Waals surface area contributed by atoms with Gasteiger partial charge in [-0.05, 0) is 22.0 Å². The van der Waals surface area contributed by atoms with E-state index < -0.39 is 0 Å². The van der Waals surface area contributed by atoms with Crippen LogP contribution in [0.5, 0.6) is 11.5 Å². The van der Waals surface area contributed by atoms with Crippen molar-refractivity contribution in [1.29, 1.82) is 0 Å². The molecular formula is C13H17BrN2O2. The van der Waals surface area contributed by atoms with Crippen LogP contribution in [-0.2, 0) is 0 Å². The van der Waals surface area contributed by atoms with Crippen LogP contribution in [0.2, 0.25) is 0 Å². The molecule has 1 heterocycles. The van der Waals surface area contributed by atoms with Gasteiger partial charge in [0.15, 0.2) is 11.5 Å². The predicted molar refractivity (Wildman–Crippen MR) is 78.3 cm³/mol. The molecule has 1 aromatic heterocycles. The van der Waals surface area contributed by atoms with Gasteiger partial charge in [-0.2, -0.15) is 0 Å². The second kappa shape index (κ2) is 6.44. The van der Waals surface area contributed by atoms with Crippen molar-refractivity contribution in [3.05, 3.63) is 22.8 Å². The molecule has 0 fully saturated rings. The Morgan fingerprint density at radius 3 is 2.22 bits per heavy atom. The Kier molecular flexibility index (Phi) is 5.22. The third-order valence-electron chi connectivity index (χ3n) is 2.37. The lowest BCUT2D eigenvalue weighted by Crippen LogP contribution is -1.95. The summed E-state index contributed by atoms with van der Waals surface area (Å²) in [4.78, 5) is 4.26. The zero-order chi connectivity index (χ0) is 13.7. The standard InChI is InChI=1S/C11H11BrN2O2.C2H6/c1-15-9-3-6-8(4-10(9)16-2)14-5-7(12)11(6)13;1-2/h3-5H,1-2H3,(H2,13,14);1-2H3. The van der Waals surface area contributed by atoms with Gasteiger partial charge in [-0.15, -0.1) is 0 Å². The number of rotatable bonds is 2. The maximum absolute atomic E-state index is 5.95. The quantitative estimate of drug-likeness (QED) is 0.920. The lowest BCUT2D eigenvalue weighted by atomic mass is 10.1. The molecule has 0 aliphatic rings. The number of nitrogens with two attached hydrogens (primary N) is 1. The van der Waals surface area contributed by atoms with Gasteiger partial charge in [-0.3, -0.25) is 4.98 Å². The molecule has 0 amide bonds. The van der Waals surface area contributed by atoms with Crippen LogP contribution in [0.4, 0.5) is 5.69 Å².